The molecule has 4 rings (SSSR count). The van der Waals surface area contributed by atoms with Crippen molar-refractivity contribution in [3.05, 3.63) is 82.9 Å². The van der Waals surface area contributed by atoms with Crippen molar-refractivity contribution >= 4 is 34.2 Å². The van der Waals surface area contributed by atoms with E-state index in [9.17, 15) is 14.4 Å². The van der Waals surface area contributed by atoms with Crippen molar-refractivity contribution in [1.29, 1.82) is 0 Å². The van der Waals surface area contributed by atoms with Gasteiger partial charge >= 0.3 is 0 Å². The average Bonchev–Trinajstić information content (AvgIpc) is 3.35. The normalized spacial score (nSPS) is 14.3. The summed E-state index contributed by atoms with van der Waals surface area (Å²) in [5.74, 6) is -0.581. The number of carbonyl (C=O) groups is 3. The molecule has 0 radical (unpaired) electrons. The lowest BCUT2D eigenvalue weighted by atomic mass is 10.0. The molecule has 1 fully saturated rings. The maximum atomic E-state index is 12.8. The van der Waals surface area contributed by atoms with Gasteiger partial charge in [0.1, 0.15) is 6.54 Å². The number of nitrogens with one attached hydrogen (secondary N) is 2. The number of thiazole rings is 1. The van der Waals surface area contributed by atoms with Crippen LogP contribution in [-0.4, -0.2) is 64.2 Å². The molecule has 1 aliphatic rings. The number of hydrogen-bond acceptors (Lipinski definition) is 6. The average molecular weight is 534 g/mol. The van der Waals surface area contributed by atoms with Crippen LogP contribution in [0.4, 0.5) is 5.13 Å². The third kappa shape index (κ3) is 7.97. The van der Waals surface area contributed by atoms with E-state index in [1.165, 1.54) is 21.8 Å². The number of nitrogens with zero attached hydrogens (tertiary/aromatic N) is 3. The summed E-state index contributed by atoms with van der Waals surface area (Å²) in [5.41, 5.74) is 2.46. The number of likely N-dealkylation sites (tertiary alicyclic amines) is 1. The Morgan fingerprint density at radius 3 is 2.32 bits per heavy atom. The van der Waals surface area contributed by atoms with Crippen molar-refractivity contribution < 1.29 is 14.4 Å². The number of aromatic nitrogens is 1. The topological polar surface area (TPSA) is 94.6 Å². The van der Waals surface area contributed by atoms with Crippen LogP contribution in [0.25, 0.3) is 0 Å². The lowest BCUT2D eigenvalue weighted by Crippen LogP contribution is -2.44. The summed E-state index contributed by atoms with van der Waals surface area (Å²) in [7, 11) is 0. The van der Waals surface area contributed by atoms with Crippen LogP contribution in [-0.2, 0) is 22.6 Å². The Kier molecular flexibility index (Phi) is 9.62. The first-order valence-corrected chi connectivity index (χ1v) is 13.9. The van der Waals surface area contributed by atoms with E-state index < -0.39 is 0 Å². The van der Waals surface area contributed by atoms with Gasteiger partial charge in [0.15, 0.2) is 5.13 Å². The SMILES string of the molecule is CC(C)N(CC(=O)Nc1nc(CC(=O)NC2CCN(Cc3ccccc3)CC2)cs1)C(=O)c1ccccc1. The molecular weight excluding hydrogens is 498 g/mol. The second-order valence-electron chi connectivity index (χ2n) is 9.87. The molecule has 3 amide bonds. The molecule has 0 unspecified atom stereocenters. The molecule has 200 valence electrons. The summed E-state index contributed by atoms with van der Waals surface area (Å²) in [4.78, 5) is 46.5. The molecule has 9 heteroatoms. The zero-order valence-electron chi connectivity index (χ0n) is 21.9. The van der Waals surface area contributed by atoms with Gasteiger partial charge in [0, 0.05) is 42.7 Å². The molecule has 1 saturated heterocycles. The van der Waals surface area contributed by atoms with E-state index in [0.717, 1.165) is 32.5 Å². The van der Waals surface area contributed by atoms with Crippen molar-refractivity contribution in [3.63, 3.8) is 0 Å². The number of anilines is 1. The molecule has 0 aliphatic carbocycles. The van der Waals surface area contributed by atoms with E-state index in [-0.39, 0.29) is 42.8 Å². The van der Waals surface area contributed by atoms with Crippen molar-refractivity contribution in [3.8, 4) is 0 Å². The van der Waals surface area contributed by atoms with E-state index in [4.69, 9.17) is 0 Å². The highest BCUT2D eigenvalue weighted by atomic mass is 32.1. The van der Waals surface area contributed by atoms with Gasteiger partial charge in [-0.2, -0.15) is 0 Å². The summed E-state index contributed by atoms with van der Waals surface area (Å²) in [5, 5.41) is 8.11. The summed E-state index contributed by atoms with van der Waals surface area (Å²) in [6, 6.07) is 19.4. The molecule has 0 spiro atoms. The van der Waals surface area contributed by atoms with Crippen LogP contribution in [0.3, 0.4) is 0 Å². The smallest absolute Gasteiger partial charge is 0.254 e. The molecule has 0 saturated carbocycles. The molecule has 2 heterocycles. The number of piperidine rings is 1. The highest BCUT2D eigenvalue weighted by Gasteiger charge is 2.23. The van der Waals surface area contributed by atoms with E-state index in [2.05, 4.69) is 44.8 Å². The Morgan fingerprint density at radius 1 is 1.00 bits per heavy atom. The quantitative estimate of drug-likeness (QED) is 0.412. The van der Waals surface area contributed by atoms with Gasteiger partial charge in [0.2, 0.25) is 11.8 Å². The minimum absolute atomic E-state index is 0.0610. The van der Waals surface area contributed by atoms with Gasteiger partial charge in [-0.1, -0.05) is 48.5 Å². The predicted octanol–water partition coefficient (Wildman–Crippen LogP) is 3.96. The largest absolute Gasteiger partial charge is 0.353 e. The molecule has 2 N–H and O–H groups in total. The fourth-order valence-corrected chi connectivity index (χ4v) is 5.24. The van der Waals surface area contributed by atoms with E-state index in [1.54, 1.807) is 29.6 Å². The van der Waals surface area contributed by atoms with Crippen LogP contribution >= 0.6 is 11.3 Å². The monoisotopic (exact) mass is 533 g/mol. The van der Waals surface area contributed by atoms with Crippen molar-refractivity contribution in [2.75, 3.05) is 25.0 Å². The molecular formula is C29H35N5O3S. The van der Waals surface area contributed by atoms with Crippen LogP contribution in [0.15, 0.2) is 66.0 Å². The summed E-state index contributed by atoms with van der Waals surface area (Å²) >= 11 is 1.27. The molecule has 38 heavy (non-hydrogen) atoms. The fourth-order valence-electron chi connectivity index (χ4n) is 4.51. The Bertz CT molecular complexity index is 1210. The van der Waals surface area contributed by atoms with Gasteiger partial charge in [-0.3, -0.25) is 19.3 Å². The van der Waals surface area contributed by atoms with Gasteiger partial charge in [-0.15, -0.1) is 11.3 Å². The second kappa shape index (κ2) is 13.3. The van der Waals surface area contributed by atoms with Gasteiger partial charge < -0.3 is 15.5 Å². The highest BCUT2D eigenvalue weighted by molar-refractivity contribution is 7.13. The molecule has 1 aliphatic heterocycles. The fraction of sp³-hybridized carbons (Fsp3) is 0.379. The molecule has 8 nitrogen and oxygen atoms in total. The maximum absolute atomic E-state index is 12.8. The zero-order chi connectivity index (χ0) is 26.9. The predicted molar refractivity (Wildman–Crippen MR) is 150 cm³/mol. The van der Waals surface area contributed by atoms with Crippen LogP contribution in [0, 0.1) is 0 Å². The Hall–Kier alpha value is -3.56. The van der Waals surface area contributed by atoms with Gasteiger partial charge in [-0.05, 0) is 44.4 Å². The van der Waals surface area contributed by atoms with Crippen LogP contribution < -0.4 is 10.6 Å². The highest BCUT2D eigenvalue weighted by Crippen LogP contribution is 2.18. The standard InChI is InChI=1S/C29H35N5O3S/c1-21(2)34(28(37)23-11-7-4-8-12-23)19-27(36)32-29-31-25(20-38-29)17-26(35)30-24-13-15-33(16-14-24)18-22-9-5-3-6-10-22/h3-12,20-21,24H,13-19H2,1-2H3,(H,30,35)(H,31,32,36). The molecule has 1 aromatic heterocycles. The summed E-state index contributed by atoms with van der Waals surface area (Å²) in [6.07, 6.45) is 2.01. The van der Waals surface area contributed by atoms with E-state index in [0.29, 0.717) is 16.4 Å². The first-order valence-electron chi connectivity index (χ1n) is 13.0. The third-order valence-electron chi connectivity index (χ3n) is 6.56. The van der Waals surface area contributed by atoms with E-state index >= 15 is 0 Å². The van der Waals surface area contributed by atoms with Crippen molar-refractivity contribution in [2.45, 2.75) is 51.7 Å². The molecule has 2 aromatic carbocycles. The zero-order valence-corrected chi connectivity index (χ0v) is 22.7. The van der Waals surface area contributed by atoms with Crippen LogP contribution in [0.5, 0.6) is 0 Å². The lowest BCUT2D eigenvalue weighted by Gasteiger charge is -2.32. The Labute approximate surface area is 228 Å². The van der Waals surface area contributed by atoms with Crippen LogP contribution in [0.1, 0.15) is 48.3 Å². The number of hydrogen-bond donors (Lipinski definition) is 2. The Morgan fingerprint density at radius 2 is 1.66 bits per heavy atom. The van der Waals surface area contributed by atoms with Crippen molar-refractivity contribution in [2.24, 2.45) is 0 Å². The molecule has 3 aromatic rings. The first-order chi connectivity index (χ1) is 18.4. The summed E-state index contributed by atoms with van der Waals surface area (Å²) < 4.78 is 0. The number of rotatable bonds is 10. The molecule has 0 bridgehead atoms. The summed E-state index contributed by atoms with van der Waals surface area (Å²) in [6.45, 7) is 6.51. The minimum Gasteiger partial charge on any atom is -0.353 e. The first kappa shape index (κ1) is 27.5. The number of carbonyl (C=O) groups excluding carboxylic acids is 3. The van der Waals surface area contributed by atoms with Gasteiger partial charge in [0.25, 0.3) is 5.91 Å². The lowest BCUT2D eigenvalue weighted by molar-refractivity contribution is -0.121. The Balaban J connectivity index is 1.21. The number of amides is 3. The van der Waals surface area contributed by atoms with Crippen LogP contribution in [0.2, 0.25) is 0 Å². The van der Waals surface area contributed by atoms with Gasteiger partial charge in [0.05, 0.1) is 12.1 Å². The maximum Gasteiger partial charge on any atom is 0.254 e. The number of benzene rings is 2. The second-order valence-corrected chi connectivity index (χ2v) is 10.7. The molecule has 0 atom stereocenters. The van der Waals surface area contributed by atoms with Gasteiger partial charge in [-0.25, -0.2) is 4.98 Å². The minimum atomic E-state index is -0.324. The third-order valence-corrected chi connectivity index (χ3v) is 7.37. The van der Waals surface area contributed by atoms with Crippen molar-refractivity contribution in [1.82, 2.24) is 20.1 Å². The van der Waals surface area contributed by atoms with E-state index in [1.807, 2.05) is 26.0 Å².